The largest absolute Gasteiger partial charge is 0.310 e. The van der Waals surface area contributed by atoms with Gasteiger partial charge in [0, 0.05) is 33.4 Å². The van der Waals surface area contributed by atoms with Crippen LogP contribution in [0.15, 0.2) is 231 Å². The second kappa shape index (κ2) is 12.9. The number of hydrogen-bond donors (Lipinski definition) is 0. The number of nitrogens with zero attached hydrogens (tertiary/aromatic N) is 2. The number of rotatable bonds is 4. The molecule has 292 valence electrons. The van der Waals surface area contributed by atoms with Gasteiger partial charge in [0.1, 0.15) is 0 Å². The Kier molecular flexibility index (Phi) is 7.07. The van der Waals surface area contributed by atoms with Gasteiger partial charge in [-0.3, -0.25) is 0 Å². The van der Waals surface area contributed by atoms with Gasteiger partial charge in [-0.05, 0) is 120 Å². The Bertz CT molecular complexity index is 3770. The van der Waals surface area contributed by atoms with E-state index < -0.39 is 5.41 Å². The maximum absolute atomic E-state index is 2.56. The molecule has 1 spiro atoms. The fourth-order valence-corrected chi connectivity index (χ4v) is 11.7. The third-order valence-corrected chi connectivity index (χ3v) is 14.1. The predicted molar refractivity (Wildman–Crippen MR) is 264 cm³/mol. The number of para-hydroxylation sites is 2. The van der Waals surface area contributed by atoms with Gasteiger partial charge in [-0.1, -0.05) is 182 Å². The van der Waals surface area contributed by atoms with E-state index in [0.717, 1.165) is 17.1 Å². The van der Waals surface area contributed by atoms with Crippen molar-refractivity contribution in [2.24, 2.45) is 0 Å². The summed E-state index contributed by atoms with van der Waals surface area (Å²) in [4.78, 5) is 2.56. The van der Waals surface area contributed by atoms with Crippen LogP contribution in [0.4, 0.5) is 17.1 Å². The lowest BCUT2D eigenvalue weighted by Crippen LogP contribution is -2.28. The number of benzene rings is 11. The maximum atomic E-state index is 2.56. The van der Waals surface area contributed by atoms with E-state index in [1.165, 1.54) is 104 Å². The summed E-state index contributed by atoms with van der Waals surface area (Å²) < 4.78 is 2.43. The Balaban J connectivity index is 1.13. The van der Waals surface area contributed by atoms with Gasteiger partial charge in [-0.25, -0.2) is 0 Å². The summed E-state index contributed by atoms with van der Waals surface area (Å²) in [5.74, 6) is 0. The normalized spacial score (nSPS) is 13.2. The first-order chi connectivity index (χ1) is 31.3. The van der Waals surface area contributed by atoms with E-state index >= 15 is 0 Å². The lowest BCUT2D eigenvalue weighted by molar-refractivity contribution is 0.793. The van der Waals surface area contributed by atoms with E-state index in [1.54, 1.807) is 0 Å². The van der Waals surface area contributed by atoms with Crippen molar-refractivity contribution in [2.75, 3.05) is 4.90 Å². The predicted octanol–water partition coefficient (Wildman–Crippen LogP) is 16.1. The Morgan fingerprint density at radius 1 is 0.302 bits per heavy atom. The maximum Gasteiger partial charge on any atom is 0.0746 e. The van der Waals surface area contributed by atoms with Crippen LogP contribution in [-0.4, -0.2) is 4.57 Å². The molecule has 2 nitrogen and oxygen atoms in total. The molecule has 11 aromatic carbocycles. The summed E-state index contributed by atoms with van der Waals surface area (Å²) in [6.07, 6.45) is 0. The minimum absolute atomic E-state index is 0.531. The zero-order valence-corrected chi connectivity index (χ0v) is 34.3. The lowest BCUT2D eigenvalue weighted by atomic mass is 9.70. The second-order valence-electron chi connectivity index (χ2n) is 17.1. The van der Waals surface area contributed by atoms with E-state index in [1.807, 2.05) is 0 Å². The first-order valence-corrected chi connectivity index (χ1v) is 21.9. The average molecular weight is 799 g/mol. The van der Waals surface area contributed by atoms with Crippen LogP contribution in [0.1, 0.15) is 22.3 Å². The Labute approximate surface area is 365 Å². The SMILES string of the molecule is c1ccc(-n2c3ccccc3c3ccc(N(c4ccc5c6ccccc6c6ccccc6c5c4)c4cccc5c4C4(c6ccccc6-c6ccccc64)c4ccccc4-5)cc32)cc1. The van der Waals surface area contributed by atoms with Crippen molar-refractivity contribution < 1.29 is 0 Å². The van der Waals surface area contributed by atoms with Crippen LogP contribution in [-0.2, 0) is 5.41 Å². The fourth-order valence-electron chi connectivity index (χ4n) is 11.7. The van der Waals surface area contributed by atoms with Crippen molar-refractivity contribution in [3.63, 3.8) is 0 Å². The topological polar surface area (TPSA) is 8.17 Å². The molecule has 0 unspecified atom stereocenters. The third kappa shape index (κ3) is 4.57. The zero-order valence-electron chi connectivity index (χ0n) is 34.3. The molecule has 14 rings (SSSR count). The molecule has 2 aliphatic carbocycles. The van der Waals surface area contributed by atoms with Gasteiger partial charge in [0.25, 0.3) is 0 Å². The second-order valence-corrected chi connectivity index (χ2v) is 17.1. The van der Waals surface area contributed by atoms with Crippen molar-refractivity contribution in [3.05, 3.63) is 253 Å². The average Bonchev–Trinajstić information content (AvgIpc) is 3.96. The van der Waals surface area contributed by atoms with E-state index in [-0.39, 0.29) is 0 Å². The third-order valence-electron chi connectivity index (χ3n) is 14.1. The zero-order chi connectivity index (χ0) is 41.2. The molecule has 0 saturated heterocycles. The van der Waals surface area contributed by atoms with Crippen molar-refractivity contribution in [3.8, 4) is 27.9 Å². The summed E-state index contributed by atoms with van der Waals surface area (Å²) >= 11 is 0. The highest BCUT2D eigenvalue weighted by molar-refractivity contribution is 6.26. The van der Waals surface area contributed by atoms with E-state index in [9.17, 15) is 0 Å². The molecule has 0 N–H and O–H groups in total. The van der Waals surface area contributed by atoms with E-state index in [4.69, 9.17) is 0 Å². The standard InChI is InChI=1S/C61H38N2/c1-2-17-39(18-3-1)63-57-31-15-11-26-50(57)51-36-34-41(38-59(51)63)62(40-33-35-46-44-21-5-4-19-42(44)43-20-6-7-22-45(43)53(46)37-40)58-32-16-27-52-49-25-10-14-30-56(49)61(60(52)58)54-28-12-8-23-47(54)48-24-9-13-29-55(48)61/h1-38H. The molecule has 63 heavy (non-hydrogen) atoms. The van der Waals surface area contributed by atoms with Crippen LogP contribution < -0.4 is 4.90 Å². The molecule has 2 aliphatic rings. The molecule has 0 amide bonds. The van der Waals surface area contributed by atoms with Gasteiger partial charge in [0.2, 0.25) is 0 Å². The van der Waals surface area contributed by atoms with Gasteiger partial charge >= 0.3 is 0 Å². The molecule has 0 saturated carbocycles. The van der Waals surface area contributed by atoms with Crippen molar-refractivity contribution >= 4 is 71.2 Å². The number of fused-ring (bicyclic) bond motifs is 19. The molecule has 1 heterocycles. The molecular formula is C61H38N2. The number of anilines is 3. The minimum Gasteiger partial charge on any atom is -0.310 e. The Hall–Kier alpha value is -8.20. The van der Waals surface area contributed by atoms with Crippen molar-refractivity contribution in [1.82, 2.24) is 4.57 Å². The van der Waals surface area contributed by atoms with Crippen LogP contribution in [0.2, 0.25) is 0 Å². The Morgan fingerprint density at radius 3 is 1.38 bits per heavy atom. The van der Waals surface area contributed by atoms with Crippen LogP contribution in [0, 0.1) is 0 Å². The van der Waals surface area contributed by atoms with Crippen LogP contribution >= 0.6 is 0 Å². The van der Waals surface area contributed by atoms with Crippen molar-refractivity contribution in [1.29, 1.82) is 0 Å². The highest BCUT2D eigenvalue weighted by Gasteiger charge is 2.53. The molecular weight excluding hydrogens is 761 g/mol. The van der Waals surface area contributed by atoms with Gasteiger partial charge in [-0.2, -0.15) is 0 Å². The van der Waals surface area contributed by atoms with Gasteiger partial charge in [0.15, 0.2) is 0 Å². The monoisotopic (exact) mass is 798 g/mol. The molecule has 0 bridgehead atoms. The number of aromatic nitrogens is 1. The lowest BCUT2D eigenvalue weighted by Gasteiger charge is -2.36. The molecule has 0 radical (unpaired) electrons. The van der Waals surface area contributed by atoms with Gasteiger partial charge in [0.05, 0.1) is 22.1 Å². The molecule has 1 aromatic heterocycles. The molecule has 0 atom stereocenters. The summed E-state index contributed by atoms with van der Waals surface area (Å²) in [7, 11) is 0. The fraction of sp³-hybridized carbons (Fsp3) is 0.0164. The minimum atomic E-state index is -0.531. The summed E-state index contributed by atoms with van der Waals surface area (Å²) in [6, 6.07) is 86.0. The molecule has 0 fully saturated rings. The highest BCUT2D eigenvalue weighted by Crippen LogP contribution is 2.65. The van der Waals surface area contributed by atoms with Crippen molar-refractivity contribution in [2.45, 2.75) is 5.41 Å². The first-order valence-electron chi connectivity index (χ1n) is 21.9. The molecule has 12 aromatic rings. The van der Waals surface area contributed by atoms with E-state index in [2.05, 4.69) is 240 Å². The van der Waals surface area contributed by atoms with E-state index in [0.29, 0.717) is 0 Å². The first kappa shape index (κ1) is 34.5. The summed E-state index contributed by atoms with van der Waals surface area (Å²) in [5.41, 5.74) is 16.8. The molecule has 2 heteroatoms. The van der Waals surface area contributed by atoms with Crippen LogP contribution in [0.25, 0.3) is 82.1 Å². The quantitative estimate of drug-likeness (QED) is 0.161. The number of hydrogen-bond acceptors (Lipinski definition) is 1. The summed E-state index contributed by atoms with van der Waals surface area (Å²) in [5, 5.41) is 10.1. The van der Waals surface area contributed by atoms with Crippen LogP contribution in [0.3, 0.4) is 0 Å². The van der Waals surface area contributed by atoms with Gasteiger partial charge in [-0.15, -0.1) is 0 Å². The van der Waals surface area contributed by atoms with Crippen LogP contribution in [0.5, 0.6) is 0 Å². The Morgan fingerprint density at radius 2 is 0.746 bits per heavy atom. The molecule has 0 aliphatic heterocycles. The smallest absolute Gasteiger partial charge is 0.0746 e. The summed E-state index contributed by atoms with van der Waals surface area (Å²) in [6.45, 7) is 0. The van der Waals surface area contributed by atoms with Gasteiger partial charge < -0.3 is 9.47 Å². The highest BCUT2D eigenvalue weighted by atomic mass is 15.1.